The number of benzene rings is 1. The maximum absolute atomic E-state index is 12.0. The Bertz CT molecular complexity index is 489. The highest BCUT2D eigenvalue weighted by molar-refractivity contribution is 5.85. The summed E-state index contributed by atoms with van der Waals surface area (Å²) in [7, 11) is 0. The van der Waals surface area contributed by atoms with Crippen molar-refractivity contribution < 1.29 is 19.8 Å². The summed E-state index contributed by atoms with van der Waals surface area (Å²) >= 11 is 0. The number of hydrogen-bond donors (Lipinski definition) is 4. The van der Waals surface area contributed by atoms with Crippen LogP contribution in [0.5, 0.6) is 0 Å². The number of carboxylic acid groups (broad SMARTS) is 1. The van der Waals surface area contributed by atoms with Crippen LogP contribution in [0.2, 0.25) is 0 Å². The van der Waals surface area contributed by atoms with E-state index in [-0.39, 0.29) is 18.4 Å². The Hall–Kier alpha value is -1.92. The number of hydrogen-bond acceptors (Lipinski definition) is 4. The highest BCUT2D eigenvalue weighted by Gasteiger charge is 2.26. The summed E-state index contributed by atoms with van der Waals surface area (Å²) in [6.07, 6.45) is -1.57. The minimum absolute atomic E-state index is 0.278. The van der Waals surface area contributed by atoms with Crippen molar-refractivity contribution >= 4 is 11.9 Å². The predicted octanol–water partition coefficient (Wildman–Crippen LogP) is -0.565. The van der Waals surface area contributed by atoms with E-state index in [9.17, 15) is 9.59 Å². The maximum atomic E-state index is 12.0. The van der Waals surface area contributed by atoms with E-state index in [0.717, 1.165) is 17.7 Å². The van der Waals surface area contributed by atoms with Crippen LogP contribution in [0.25, 0.3) is 0 Å². The molecule has 0 saturated heterocycles. The molecule has 2 atom stereocenters. The van der Waals surface area contributed by atoms with Gasteiger partial charge in [-0.1, -0.05) is 24.3 Å². The maximum Gasteiger partial charge on any atom is 0.334 e. The zero-order chi connectivity index (χ0) is 13.8. The fourth-order valence-electron chi connectivity index (χ4n) is 2.14. The monoisotopic (exact) mass is 264 g/mol. The van der Waals surface area contributed by atoms with E-state index in [1.54, 1.807) is 0 Å². The van der Waals surface area contributed by atoms with Crippen molar-refractivity contribution in [3.8, 4) is 0 Å². The van der Waals surface area contributed by atoms with E-state index in [1.165, 1.54) is 0 Å². The summed E-state index contributed by atoms with van der Waals surface area (Å²) in [5, 5.41) is 23.3. The van der Waals surface area contributed by atoms with Crippen molar-refractivity contribution in [1.82, 2.24) is 10.6 Å². The van der Waals surface area contributed by atoms with Crippen LogP contribution in [0.15, 0.2) is 24.3 Å². The predicted molar refractivity (Wildman–Crippen MR) is 67.5 cm³/mol. The van der Waals surface area contributed by atoms with Crippen LogP contribution in [0, 0.1) is 0 Å². The zero-order valence-electron chi connectivity index (χ0n) is 10.3. The molecule has 0 radical (unpaired) electrons. The highest BCUT2D eigenvalue weighted by atomic mass is 16.4. The first-order chi connectivity index (χ1) is 9.09. The summed E-state index contributed by atoms with van der Waals surface area (Å²) in [6.45, 7) is 0.941. The molecule has 102 valence electrons. The molecular formula is C13H16N2O4. The van der Waals surface area contributed by atoms with Crippen molar-refractivity contribution in [2.75, 3.05) is 13.1 Å². The number of aliphatic hydroxyl groups is 1. The van der Waals surface area contributed by atoms with Crippen LogP contribution in [0.4, 0.5) is 0 Å². The van der Waals surface area contributed by atoms with E-state index in [4.69, 9.17) is 10.2 Å². The lowest BCUT2D eigenvalue weighted by molar-refractivity contribution is -0.146. The molecule has 19 heavy (non-hydrogen) atoms. The summed E-state index contributed by atoms with van der Waals surface area (Å²) in [4.78, 5) is 22.5. The summed E-state index contributed by atoms with van der Waals surface area (Å²) in [5.74, 6) is -1.98. The Morgan fingerprint density at radius 1 is 1.42 bits per heavy atom. The number of carbonyl (C=O) groups is 2. The van der Waals surface area contributed by atoms with Gasteiger partial charge in [-0.2, -0.15) is 0 Å². The van der Waals surface area contributed by atoms with Crippen molar-refractivity contribution in [3.05, 3.63) is 35.4 Å². The lowest BCUT2D eigenvalue weighted by Gasteiger charge is -2.25. The second-order valence-corrected chi connectivity index (χ2v) is 4.48. The molecule has 4 N–H and O–H groups in total. The molecule has 0 bridgehead atoms. The van der Waals surface area contributed by atoms with E-state index in [1.807, 2.05) is 24.3 Å². The molecule has 1 aliphatic rings. The largest absolute Gasteiger partial charge is 0.479 e. The summed E-state index contributed by atoms with van der Waals surface area (Å²) in [5.41, 5.74) is 2.01. The molecule has 1 aromatic rings. The number of carboxylic acids is 1. The summed E-state index contributed by atoms with van der Waals surface area (Å²) < 4.78 is 0. The van der Waals surface area contributed by atoms with Crippen LogP contribution in [-0.4, -0.2) is 41.3 Å². The Morgan fingerprint density at radius 2 is 2.16 bits per heavy atom. The van der Waals surface area contributed by atoms with Crippen molar-refractivity contribution in [2.24, 2.45) is 0 Å². The van der Waals surface area contributed by atoms with E-state index >= 15 is 0 Å². The Kier molecular flexibility index (Phi) is 4.13. The third-order valence-corrected chi connectivity index (χ3v) is 3.17. The minimum atomic E-state index is -1.57. The first-order valence-corrected chi connectivity index (χ1v) is 6.06. The molecule has 0 aliphatic carbocycles. The number of aliphatic carboxylic acids is 1. The van der Waals surface area contributed by atoms with E-state index < -0.39 is 12.1 Å². The van der Waals surface area contributed by atoms with Gasteiger partial charge in [0.25, 0.3) is 0 Å². The molecule has 6 nitrogen and oxygen atoms in total. The molecule has 2 rings (SSSR count). The average Bonchev–Trinajstić information content (AvgIpc) is 2.43. The van der Waals surface area contributed by atoms with Crippen LogP contribution < -0.4 is 10.6 Å². The van der Waals surface area contributed by atoms with Gasteiger partial charge in [0.1, 0.15) is 0 Å². The quantitative estimate of drug-likeness (QED) is 0.584. The third kappa shape index (κ3) is 3.10. The van der Waals surface area contributed by atoms with Gasteiger partial charge in [-0.05, 0) is 11.1 Å². The van der Waals surface area contributed by atoms with Gasteiger partial charge in [0.05, 0.1) is 12.5 Å². The smallest absolute Gasteiger partial charge is 0.334 e. The molecule has 6 heteroatoms. The first-order valence-electron chi connectivity index (χ1n) is 6.06. The number of aliphatic hydroxyl groups excluding tert-OH is 1. The lowest BCUT2D eigenvalue weighted by atomic mass is 9.90. The van der Waals surface area contributed by atoms with E-state index in [0.29, 0.717) is 6.54 Å². The SMILES string of the molecule is O=C(O)C(O)CNC(=O)C1CNCc2ccccc21. The number of fused-ring (bicyclic) bond motifs is 1. The van der Waals surface area contributed by atoms with Gasteiger partial charge in [-0.3, -0.25) is 4.79 Å². The van der Waals surface area contributed by atoms with Gasteiger partial charge >= 0.3 is 5.97 Å². The number of carbonyl (C=O) groups excluding carboxylic acids is 1. The normalized spacial score (nSPS) is 19.3. The number of rotatable bonds is 4. The van der Waals surface area contributed by atoms with Gasteiger partial charge < -0.3 is 20.8 Å². The Balaban J connectivity index is 2.03. The fourth-order valence-corrected chi connectivity index (χ4v) is 2.14. The van der Waals surface area contributed by atoms with Gasteiger partial charge in [0.15, 0.2) is 6.10 Å². The second kappa shape index (κ2) is 5.81. The molecule has 0 saturated carbocycles. The Labute approximate surface area is 110 Å². The third-order valence-electron chi connectivity index (χ3n) is 3.17. The second-order valence-electron chi connectivity index (χ2n) is 4.48. The number of nitrogens with one attached hydrogen (secondary N) is 2. The van der Waals surface area contributed by atoms with Gasteiger partial charge in [0.2, 0.25) is 5.91 Å². The van der Waals surface area contributed by atoms with Gasteiger partial charge in [0, 0.05) is 13.1 Å². The Morgan fingerprint density at radius 3 is 2.89 bits per heavy atom. The standard InChI is InChI=1S/C13H16N2O4/c16-11(13(18)19)7-15-12(17)10-6-14-5-8-3-1-2-4-9(8)10/h1-4,10-11,14,16H,5-7H2,(H,15,17)(H,18,19). The van der Waals surface area contributed by atoms with Crippen molar-refractivity contribution in [2.45, 2.75) is 18.6 Å². The highest BCUT2D eigenvalue weighted by Crippen LogP contribution is 2.23. The molecule has 0 spiro atoms. The molecule has 0 fully saturated rings. The van der Waals surface area contributed by atoms with Crippen LogP contribution >= 0.6 is 0 Å². The number of amides is 1. The van der Waals surface area contributed by atoms with Crippen LogP contribution in [0.1, 0.15) is 17.0 Å². The summed E-state index contributed by atoms with van der Waals surface area (Å²) in [6, 6.07) is 7.63. The zero-order valence-corrected chi connectivity index (χ0v) is 10.3. The lowest BCUT2D eigenvalue weighted by Crippen LogP contribution is -2.43. The van der Waals surface area contributed by atoms with Crippen LogP contribution in [0.3, 0.4) is 0 Å². The average molecular weight is 264 g/mol. The molecule has 2 unspecified atom stereocenters. The first kappa shape index (κ1) is 13.5. The topological polar surface area (TPSA) is 98.7 Å². The fraction of sp³-hybridized carbons (Fsp3) is 0.385. The van der Waals surface area contributed by atoms with E-state index in [2.05, 4.69) is 10.6 Å². The molecule has 1 aromatic carbocycles. The van der Waals surface area contributed by atoms with Gasteiger partial charge in [-0.25, -0.2) is 4.79 Å². The van der Waals surface area contributed by atoms with Gasteiger partial charge in [-0.15, -0.1) is 0 Å². The molecule has 1 amide bonds. The molecule has 0 aromatic heterocycles. The van der Waals surface area contributed by atoms with Crippen LogP contribution in [-0.2, 0) is 16.1 Å². The minimum Gasteiger partial charge on any atom is -0.479 e. The van der Waals surface area contributed by atoms with Crippen molar-refractivity contribution in [1.29, 1.82) is 0 Å². The van der Waals surface area contributed by atoms with Crippen molar-refractivity contribution in [3.63, 3.8) is 0 Å². The molecule has 1 aliphatic heterocycles. The molecular weight excluding hydrogens is 248 g/mol. The molecule has 1 heterocycles.